The summed E-state index contributed by atoms with van der Waals surface area (Å²) >= 11 is 0. The van der Waals surface area contributed by atoms with Crippen LogP contribution in [0.3, 0.4) is 0 Å². The molecule has 92 valence electrons. The summed E-state index contributed by atoms with van der Waals surface area (Å²) in [6.07, 6.45) is 6.92. The van der Waals surface area contributed by atoms with Crippen LogP contribution in [0, 0.1) is 0 Å². The number of methoxy groups -OCH3 is 1. The first-order valence-corrected chi connectivity index (χ1v) is 8.82. The van der Waals surface area contributed by atoms with Crippen LogP contribution in [0.15, 0.2) is 24.5 Å². The maximum absolute atomic E-state index is 11.5. The van der Waals surface area contributed by atoms with Crippen molar-refractivity contribution in [1.29, 1.82) is 0 Å². The molecular weight excluding hydrogens is 220 g/mol. The van der Waals surface area contributed by atoms with Crippen LogP contribution in [0.4, 0.5) is 0 Å². The van der Waals surface area contributed by atoms with Crippen LogP contribution in [0.1, 0.15) is 13.3 Å². The highest BCUT2D eigenvalue weighted by molar-refractivity contribution is 6.69. The molecule has 0 unspecified atom stereocenters. The van der Waals surface area contributed by atoms with E-state index in [4.69, 9.17) is 9.16 Å². The van der Waals surface area contributed by atoms with Crippen molar-refractivity contribution in [2.45, 2.75) is 39.1 Å². The molecule has 0 aromatic heterocycles. The van der Waals surface area contributed by atoms with Crippen LogP contribution in [-0.2, 0) is 14.0 Å². The fourth-order valence-electron chi connectivity index (χ4n) is 1.23. The van der Waals surface area contributed by atoms with Gasteiger partial charge in [-0.2, -0.15) is 0 Å². The number of hydrogen-bond acceptors (Lipinski definition) is 3. The van der Waals surface area contributed by atoms with Crippen molar-refractivity contribution in [3.8, 4) is 0 Å². The minimum absolute atomic E-state index is 0.0169. The third-order valence-corrected chi connectivity index (χ3v) is 2.71. The lowest BCUT2D eigenvalue weighted by Gasteiger charge is -2.23. The highest BCUT2D eigenvalue weighted by atomic mass is 28.4. The van der Waals surface area contributed by atoms with E-state index >= 15 is 0 Å². The van der Waals surface area contributed by atoms with Gasteiger partial charge in [0.1, 0.15) is 0 Å². The Morgan fingerprint density at radius 3 is 2.44 bits per heavy atom. The van der Waals surface area contributed by atoms with Gasteiger partial charge in [-0.05, 0) is 26.6 Å². The average Bonchev–Trinajstić information content (AvgIpc) is 2.12. The summed E-state index contributed by atoms with van der Waals surface area (Å²) in [6.45, 7) is 8.26. The van der Waals surface area contributed by atoms with E-state index in [1.807, 2.05) is 19.1 Å². The predicted molar refractivity (Wildman–Crippen MR) is 68.8 cm³/mol. The molecule has 0 rings (SSSR count). The minimum atomic E-state index is -1.61. The molecule has 0 saturated heterocycles. The summed E-state index contributed by atoms with van der Waals surface area (Å²) in [7, 11) is -0.0948. The summed E-state index contributed by atoms with van der Waals surface area (Å²) in [5, 5.41) is 0. The normalized spacial score (nSPS) is 14.6. The van der Waals surface area contributed by atoms with Gasteiger partial charge in [0.15, 0.2) is 14.1 Å². The maximum Gasteiger partial charge on any atom is 0.184 e. The number of ketones is 1. The van der Waals surface area contributed by atoms with E-state index < -0.39 is 8.32 Å². The van der Waals surface area contributed by atoms with Crippen LogP contribution in [-0.4, -0.2) is 27.3 Å². The second-order valence-corrected chi connectivity index (χ2v) is 8.96. The maximum atomic E-state index is 11.5. The lowest BCUT2D eigenvalue weighted by Crippen LogP contribution is -2.32. The Hall–Kier alpha value is -0.873. The Labute approximate surface area is 99.3 Å². The van der Waals surface area contributed by atoms with Crippen LogP contribution in [0.5, 0.6) is 0 Å². The van der Waals surface area contributed by atoms with Gasteiger partial charge in [0, 0.05) is 12.5 Å². The molecule has 0 N–H and O–H groups in total. The summed E-state index contributed by atoms with van der Waals surface area (Å²) in [5.41, 5.74) is 0. The number of ether oxygens (including phenoxy) is 1. The van der Waals surface area contributed by atoms with Crippen molar-refractivity contribution in [2.75, 3.05) is 7.11 Å². The van der Waals surface area contributed by atoms with Crippen molar-refractivity contribution in [3.63, 3.8) is 0 Å². The Kier molecular flexibility index (Phi) is 7.00. The van der Waals surface area contributed by atoms with Crippen LogP contribution in [0.2, 0.25) is 19.6 Å². The highest BCUT2D eigenvalue weighted by Gasteiger charge is 2.20. The average molecular weight is 242 g/mol. The number of allylic oxidation sites excluding steroid dienone is 2. The van der Waals surface area contributed by atoms with Gasteiger partial charge in [-0.1, -0.05) is 12.2 Å². The summed E-state index contributed by atoms with van der Waals surface area (Å²) in [6, 6.07) is 0. The molecule has 4 heteroatoms. The van der Waals surface area contributed by atoms with Crippen molar-refractivity contribution in [3.05, 3.63) is 24.5 Å². The first kappa shape index (κ1) is 15.1. The fraction of sp³-hybridized carbons (Fsp3) is 0.583. The Balaban J connectivity index is 4.34. The number of carbonyl (C=O) groups excluding carboxylic acids is 1. The van der Waals surface area contributed by atoms with Gasteiger partial charge in [0.25, 0.3) is 0 Å². The van der Waals surface area contributed by atoms with E-state index in [1.54, 1.807) is 0 Å². The van der Waals surface area contributed by atoms with E-state index in [0.717, 1.165) is 0 Å². The second kappa shape index (κ2) is 7.41. The third-order valence-electron chi connectivity index (χ3n) is 1.70. The number of hydrogen-bond donors (Lipinski definition) is 0. The molecule has 16 heavy (non-hydrogen) atoms. The smallest absolute Gasteiger partial charge is 0.184 e. The van der Waals surface area contributed by atoms with Crippen molar-refractivity contribution < 1.29 is 14.0 Å². The molecular formula is C12H22O3Si. The van der Waals surface area contributed by atoms with Crippen molar-refractivity contribution in [2.24, 2.45) is 0 Å². The SMILES string of the molecule is C/C=C/[C@H](CC(=O)/C=C/OC)O[Si](C)(C)C. The lowest BCUT2D eigenvalue weighted by atomic mass is 10.1. The summed E-state index contributed by atoms with van der Waals surface area (Å²) in [4.78, 5) is 11.5. The highest BCUT2D eigenvalue weighted by Crippen LogP contribution is 2.12. The van der Waals surface area contributed by atoms with Gasteiger partial charge in [0.2, 0.25) is 0 Å². The van der Waals surface area contributed by atoms with Gasteiger partial charge in [-0.15, -0.1) is 0 Å². The zero-order valence-electron chi connectivity index (χ0n) is 10.8. The lowest BCUT2D eigenvalue weighted by molar-refractivity contribution is -0.115. The van der Waals surface area contributed by atoms with Gasteiger partial charge < -0.3 is 9.16 Å². The molecule has 0 aliphatic heterocycles. The van der Waals surface area contributed by atoms with Crippen molar-refractivity contribution >= 4 is 14.1 Å². The molecule has 0 fully saturated rings. The first-order chi connectivity index (χ1) is 7.39. The number of carbonyl (C=O) groups is 1. The zero-order valence-corrected chi connectivity index (χ0v) is 11.8. The largest absolute Gasteiger partial charge is 0.504 e. The van der Waals surface area contributed by atoms with Crippen LogP contribution >= 0.6 is 0 Å². The Morgan fingerprint density at radius 1 is 1.38 bits per heavy atom. The van der Waals surface area contributed by atoms with E-state index in [1.165, 1.54) is 19.4 Å². The molecule has 0 heterocycles. The quantitative estimate of drug-likeness (QED) is 0.298. The predicted octanol–water partition coefficient (Wildman–Crippen LogP) is 2.90. The molecule has 3 nitrogen and oxygen atoms in total. The molecule has 0 spiro atoms. The third kappa shape index (κ3) is 8.44. The molecule has 0 radical (unpaired) electrons. The molecule has 1 atom stereocenters. The molecule has 0 aliphatic carbocycles. The van der Waals surface area contributed by atoms with E-state index in [-0.39, 0.29) is 11.9 Å². The van der Waals surface area contributed by atoms with Crippen LogP contribution in [0.25, 0.3) is 0 Å². The number of rotatable bonds is 7. The first-order valence-electron chi connectivity index (χ1n) is 5.42. The van der Waals surface area contributed by atoms with Gasteiger partial charge in [0.05, 0.1) is 19.5 Å². The van der Waals surface area contributed by atoms with Crippen molar-refractivity contribution in [1.82, 2.24) is 0 Å². The van der Waals surface area contributed by atoms with E-state index in [2.05, 4.69) is 19.6 Å². The molecule has 0 saturated carbocycles. The molecule has 0 aromatic rings. The van der Waals surface area contributed by atoms with E-state index in [9.17, 15) is 4.79 Å². The molecule has 0 aliphatic rings. The second-order valence-electron chi connectivity index (χ2n) is 4.50. The Morgan fingerprint density at radius 2 is 2.00 bits per heavy atom. The summed E-state index contributed by atoms with van der Waals surface area (Å²) < 4.78 is 10.6. The molecule has 0 bridgehead atoms. The van der Waals surface area contributed by atoms with Gasteiger partial charge in [-0.3, -0.25) is 4.79 Å². The van der Waals surface area contributed by atoms with Crippen LogP contribution < -0.4 is 0 Å². The standard InChI is InChI=1S/C12H22O3Si/c1-6-7-12(15-16(3,4)5)10-11(13)8-9-14-2/h6-9,12H,10H2,1-5H3/b7-6+,9-8+/t12-/m1/s1. The molecule has 0 amide bonds. The van der Waals surface area contributed by atoms with Gasteiger partial charge in [-0.25, -0.2) is 0 Å². The molecule has 0 aromatic carbocycles. The van der Waals surface area contributed by atoms with Gasteiger partial charge >= 0.3 is 0 Å². The summed E-state index contributed by atoms with van der Waals surface area (Å²) in [5.74, 6) is 0.0169. The van der Waals surface area contributed by atoms with E-state index in [0.29, 0.717) is 6.42 Å². The topological polar surface area (TPSA) is 35.5 Å². The monoisotopic (exact) mass is 242 g/mol. The zero-order chi connectivity index (χ0) is 12.6. The Bertz CT molecular complexity index is 264. The fourth-order valence-corrected chi connectivity index (χ4v) is 2.30. The minimum Gasteiger partial charge on any atom is -0.504 e.